The second kappa shape index (κ2) is 8.71. The van der Waals surface area contributed by atoms with E-state index in [1.807, 2.05) is 0 Å². The molecule has 0 bridgehead atoms. The zero-order valence-electron chi connectivity index (χ0n) is 17.7. The van der Waals surface area contributed by atoms with Crippen LogP contribution in [0.2, 0.25) is 0 Å². The molecule has 3 aromatic rings. The van der Waals surface area contributed by atoms with Gasteiger partial charge in [-0.15, -0.1) is 5.10 Å². The predicted octanol–water partition coefficient (Wildman–Crippen LogP) is 3.36. The fourth-order valence-corrected chi connectivity index (χ4v) is 5.61. The maximum atomic E-state index is 13.0. The van der Waals surface area contributed by atoms with Gasteiger partial charge in [-0.2, -0.15) is 4.31 Å². The second-order valence-electron chi connectivity index (χ2n) is 8.21. The Morgan fingerprint density at radius 3 is 2.44 bits per heavy atom. The summed E-state index contributed by atoms with van der Waals surface area (Å²) in [5.74, 6) is 0.285. The molecule has 10 heteroatoms. The van der Waals surface area contributed by atoms with Crippen molar-refractivity contribution in [1.82, 2.24) is 14.5 Å². The first-order valence-electron chi connectivity index (χ1n) is 10.3. The monoisotopic (exact) mass is 456 g/mol. The number of phenols is 1. The lowest BCUT2D eigenvalue weighted by Gasteiger charge is -2.34. The Hall–Kier alpha value is -3.24. The van der Waals surface area contributed by atoms with E-state index in [0.29, 0.717) is 30.5 Å². The van der Waals surface area contributed by atoms with Crippen LogP contribution in [0.4, 0.5) is 6.01 Å². The molecule has 1 saturated heterocycles. The number of sulfonamides is 1. The number of benzene rings is 2. The molecule has 2 atom stereocenters. The van der Waals surface area contributed by atoms with Gasteiger partial charge in [0.25, 0.3) is 5.91 Å². The minimum atomic E-state index is -3.62. The van der Waals surface area contributed by atoms with Crippen molar-refractivity contribution >= 4 is 21.9 Å². The summed E-state index contributed by atoms with van der Waals surface area (Å²) in [4.78, 5) is 12.7. The molecule has 0 radical (unpaired) electrons. The summed E-state index contributed by atoms with van der Waals surface area (Å²) in [5.41, 5.74) is 0.760. The molecule has 2 N–H and O–H groups in total. The van der Waals surface area contributed by atoms with Crippen molar-refractivity contribution in [3.8, 4) is 17.2 Å². The van der Waals surface area contributed by atoms with Crippen molar-refractivity contribution < 1.29 is 22.7 Å². The number of amides is 1. The number of hydrogen-bond donors (Lipinski definition) is 2. The largest absolute Gasteiger partial charge is 0.508 e. The highest BCUT2D eigenvalue weighted by Crippen LogP contribution is 2.27. The number of carbonyl (C=O) groups is 1. The first-order valence-corrected chi connectivity index (χ1v) is 11.7. The molecule has 1 amide bonds. The summed E-state index contributed by atoms with van der Waals surface area (Å²) in [6.07, 6.45) is 1.01. The van der Waals surface area contributed by atoms with Gasteiger partial charge in [0, 0.05) is 24.2 Å². The molecular formula is C22H24N4O5S. The quantitative estimate of drug-likeness (QED) is 0.603. The second-order valence-corrected chi connectivity index (χ2v) is 10.1. The Morgan fingerprint density at radius 1 is 1.09 bits per heavy atom. The lowest BCUT2D eigenvalue weighted by atomic mass is 9.94. The van der Waals surface area contributed by atoms with Gasteiger partial charge < -0.3 is 9.52 Å². The number of aromatic hydroxyl groups is 1. The van der Waals surface area contributed by atoms with Gasteiger partial charge in [0.15, 0.2) is 0 Å². The zero-order chi connectivity index (χ0) is 22.9. The predicted molar refractivity (Wildman–Crippen MR) is 117 cm³/mol. The van der Waals surface area contributed by atoms with Gasteiger partial charge in [0.1, 0.15) is 5.75 Å². The average molecular weight is 457 g/mol. The van der Waals surface area contributed by atoms with Gasteiger partial charge >= 0.3 is 6.01 Å². The summed E-state index contributed by atoms with van der Waals surface area (Å²) in [6, 6.07) is 11.9. The van der Waals surface area contributed by atoms with E-state index < -0.39 is 15.9 Å². The van der Waals surface area contributed by atoms with Crippen LogP contribution in [0.5, 0.6) is 5.75 Å². The summed E-state index contributed by atoms with van der Waals surface area (Å²) in [5, 5.41) is 19.7. The number of rotatable bonds is 5. The summed E-state index contributed by atoms with van der Waals surface area (Å²) >= 11 is 0. The van der Waals surface area contributed by atoms with Crippen molar-refractivity contribution in [2.45, 2.75) is 25.2 Å². The van der Waals surface area contributed by atoms with E-state index in [9.17, 15) is 18.3 Å². The van der Waals surface area contributed by atoms with Crippen molar-refractivity contribution in [1.29, 1.82) is 0 Å². The van der Waals surface area contributed by atoms with Crippen LogP contribution in [0.1, 0.15) is 30.6 Å². The third kappa shape index (κ3) is 4.66. The fraction of sp³-hybridized carbons (Fsp3) is 0.318. The van der Waals surface area contributed by atoms with Gasteiger partial charge in [0.05, 0.1) is 4.90 Å². The number of anilines is 1. The maximum Gasteiger partial charge on any atom is 0.322 e. The van der Waals surface area contributed by atoms with Crippen LogP contribution in [0.25, 0.3) is 11.5 Å². The van der Waals surface area contributed by atoms with Crippen molar-refractivity contribution in [3.63, 3.8) is 0 Å². The Kier molecular flexibility index (Phi) is 5.98. The third-order valence-electron chi connectivity index (χ3n) is 5.33. The molecule has 4 rings (SSSR count). The van der Waals surface area contributed by atoms with Crippen molar-refractivity contribution in [3.05, 3.63) is 54.1 Å². The van der Waals surface area contributed by atoms with E-state index >= 15 is 0 Å². The molecule has 1 aromatic heterocycles. The molecule has 0 unspecified atom stereocenters. The smallest absolute Gasteiger partial charge is 0.322 e. The third-order valence-corrected chi connectivity index (χ3v) is 7.17. The fourth-order valence-electron chi connectivity index (χ4n) is 3.93. The van der Waals surface area contributed by atoms with E-state index in [2.05, 4.69) is 29.4 Å². The molecule has 9 nitrogen and oxygen atoms in total. The molecule has 1 aliphatic heterocycles. The molecule has 2 heterocycles. The Bertz CT molecular complexity index is 1210. The van der Waals surface area contributed by atoms with E-state index in [4.69, 9.17) is 4.42 Å². The molecule has 1 fully saturated rings. The minimum absolute atomic E-state index is 0.0507. The first kappa shape index (κ1) is 22.0. The van der Waals surface area contributed by atoms with Crippen LogP contribution in [0.3, 0.4) is 0 Å². The summed E-state index contributed by atoms with van der Waals surface area (Å²) in [7, 11) is -3.62. The Morgan fingerprint density at radius 2 is 1.78 bits per heavy atom. The highest BCUT2D eigenvalue weighted by Gasteiger charge is 2.31. The highest BCUT2D eigenvalue weighted by atomic mass is 32.2. The van der Waals surface area contributed by atoms with Crippen LogP contribution in [0, 0.1) is 11.8 Å². The number of nitrogens with one attached hydrogen (secondary N) is 1. The van der Waals surface area contributed by atoms with Gasteiger partial charge in [-0.1, -0.05) is 25.0 Å². The first-order chi connectivity index (χ1) is 15.2. The van der Waals surface area contributed by atoms with Crippen LogP contribution >= 0.6 is 0 Å². The van der Waals surface area contributed by atoms with Gasteiger partial charge in [-0.05, 0) is 60.7 Å². The summed E-state index contributed by atoms with van der Waals surface area (Å²) in [6.45, 7) is 5.09. The molecule has 1 aliphatic rings. The Labute approximate surface area is 186 Å². The molecule has 2 aromatic carbocycles. The van der Waals surface area contributed by atoms with Crippen LogP contribution in [-0.2, 0) is 10.0 Å². The summed E-state index contributed by atoms with van der Waals surface area (Å²) < 4.78 is 32.9. The molecular weight excluding hydrogens is 432 g/mol. The maximum absolute atomic E-state index is 13.0. The minimum Gasteiger partial charge on any atom is -0.508 e. The van der Waals surface area contributed by atoms with E-state index in [0.717, 1.165) is 6.42 Å². The number of hydrogen-bond acceptors (Lipinski definition) is 7. The highest BCUT2D eigenvalue weighted by molar-refractivity contribution is 7.89. The van der Waals surface area contributed by atoms with Gasteiger partial charge in [-0.25, -0.2) is 8.42 Å². The molecule has 32 heavy (non-hydrogen) atoms. The van der Waals surface area contributed by atoms with Gasteiger partial charge in [0.2, 0.25) is 15.9 Å². The number of phenolic OH excluding ortho intramolecular Hbond substituents is 1. The number of carbonyl (C=O) groups excluding carboxylic acids is 1. The molecule has 168 valence electrons. The number of nitrogens with zero attached hydrogens (tertiary/aromatic N) is 3. The normalized spacial score (nSPS) is 19.6. The number of aromatic nitrogens is 2. The van der Waals surface area contributed by atoms with E-state index in [1.54, 1.807) is 12.1 Å². The Balaban J connectivity index is 1.46. The molecule has 0 aliphatic carbocycles. The molecule has 0 saturated carbocycles. The SMILES string of the molecule is C[C@@H]1C[C@H](C)CN(S(=O)(=O)c2ccc(C(=O)Nc3nnc(-c4cccc(O)c4)o3)cc2)C1. The van der Waals surface area contributed by atoms with E-state index in [-0.39, 0.29) is 28.1 Å². The van der Waals surface area contributed by atoms with Crippen LogP contribution in [0.15, 0.2) is 57.8 Å². The topological polar surface area (TPSA) is 126 Å². The zero-order valence-corrected chi connectivity index (χ0v) is 18.5. The average Bonchev–Trinajstić information content (AvgIpc) is 3.21. The lowest BCUT2D eigenvalue weighted by molar-refractivity contribution is 0.102. The lowest BCUT2D eigenvalue weighted by Crippen LogP contribution is -2.42. The van der Waals surface area contributed by atoms with E-state index in [1.165, 1.54) is 40.7 Å². The standard InChI is InChI=1S/C22H24N4O5S/c1-14-10-15(2)13-26(12-14)32(29,30)19-8-6-16(7-9-19)20(28)23-22-25-24-21(31-22)17-4-3-5-18(27)11-17/h3-9,11,14-15,27H,10,12-13H2,1-2H3,(H,23,25,28)/t14-,15+. The van der Waals surface area contributed by atoms with Crippen molar-refractivity contribution in [2.75, 3.05) is 18.4 Å². The number of piperidine rings is 1. The van der Waals surface area contributed by atoms with Crippen LogP contribution in [-0.4, -0.2) is 47.0 Å². The van der Waals surface area contributed by atoms with Crippen LogP contribution < -0.4 is 5.32 Å². The van der Waals surface area contributed by atoms with Crippen molar-refractivity contribution in [2.24, 2.45) is 11.8 Å². The molecule has 0 spiro atoms. The van der Waals surface area contributed by atoms with Gasteiger partial charge in [-0.3, -0.25) is 10.1 Å².